The number of aliphatic carboxylic acids is 1. The van der Waals surface area contributed by atoms with Crippen molar-refractivity contribution in [1.82, 2.24) is 9.88 Å². The van der Waals surface area contributed by atoms with Crippen molar-refractivity contribution in [3.05, 3.63) is 76.8 Å². The molecule has 0 bridgehead atoms. The molecule has 1 aliphatic carbocycles. The highest BCUT2D eigenvalue weighted by Crippen LogP contribution is 2.40. The number of likely N-dealkylation sites (tertiary alicyclic amines) is 1. The maximum Gasteiger partial charge on any atom is 0.412 e. The summed E-state index contributed by atoms with van der Waals surface area (Å²) in [7, 11) is 0. The van der Waals surface area contributed by atoms with Crippen LogP contribution in [0.2, 0.25) is 5.02 Å². The number of nitrogens with zero attached hydrogens (tertiary/aromatic N) is 4. The van der Waals surface area contributed by atoms with Crippen LogP contribution in [0.5, 0.6) is 5.75 Å². The number of carboxylic acid groups (broad SMARTS) is 1. The van der Waals surface area contributed by atoms with E-state index in [1.54, 1.807) is 24.3 Å². The van der Waals surface area contributed by atoms with Crippen molar-refractivity contribution < 1.29 is 32.6 Å². The Morgan fingerprint density at radius 1 is 1.02 bits per heavy atom. The van der Waals surface area contributed by atoms with E-state index >= 15 is 0 Å². The zero-order valence-corrected chi connectivity index (χ0v) is 24.3. The molecule has 44 heavy (non-hydrogen) atoms. The molecule has 6 rings (SSSR count). The Morgan fingerprint density at radius 2 is 1.77 bits per heavy atom. The van der Waals surface area contributed by atoms with Gasteiger partial charge in [-0.2, -0.15) is 18.3 Å². The molecule has 1 saturated heterocycles. The van der Waals surface area contributed by atoms with E-state index < -0.39 is 24.1 Å². The SMILES string of the molecule is O=C(O)C1C=NN(c2cccc(-c3cccc(Cl)c3OCc3ccc(C4CCCN(C(=O)C5CC5)C4)cc3)n2)C1C(F)(F)F. The number of hydrogen-bond donors (Lipinski definition) is 1. The minimum atomic E-state index is -4.86. The van der Waals surface area contributed by atoms with E-state index in [4.69, 9.17) is 16.3 Å². The second kappa shape index (κ2) is 12.1. The zero-order valence-electron chi connectivity index (χ0n) is 23.6. The zero-order chi connectivity index (χ0) is 31.0. The number of amides is 1. The van der Waals surface area contributed by atoms with Crippen LogP contribution in [0, 0.1) is 11.8 Å². The normalized spacial score (nSPS) is 21.9. The molecule has 2 fully saturated rings. The Balaban J connectivity index is 1.18. The van der Waals surface area contributed by atoms with Gasteiger partial charge in [-0.15, -0.1) is 0 Å². The highest BCUT2D eigenvalue weighted by molar-refractivity contribution is 6.32. The Hall–Kier alpha value is -4.12. The molecule has 3 unspecified atom stereocenters. The van der Waals surface area contributed by atoms with Gasteiger partial charge in [-0.05, 0) is 61.1 Å². The summed E-state index contributed by atoms with van der Waals surface area (Å²) >= 11 is 6.51. The van der Waals surface area contributed by atoms with E-state index in [9.17, 15) is 27.9 Å². The van der Waals surface area contributed by atoms with E-state index in [0.29, 0.717) is 21.3 Å². The van der Waals surface area contributed by atoms with Crippen LogP contribution in [-0.4, -0.2) is 58.4 Å². The minimum Gasteiger partial charge on any atom is -0.487 e. The van der Waals surface area contributed by atoms with Crippen molar-refractivity contribution in [3.63, 3.8) is 0 Å². The number of rotatable bonds is 8. The van der Waals surface area contributed by atoms with Gasteiger partial charge in [0.25, 0.3) is 0 Å². The highest BCUT2D eigenvalue weighted by atomic mass is 35.5. The van der Waals surface area contributed by atoms with Crippen molar-refractivity contribution in [2.45, 2.75) is 50.4 Å². The molecule has 1 saturated carbocycles. The number of anilines is 1. The van der Waals surface area contributed by atoms with Gasteiger partial charge in [0.15, 0.2) is 6.04 Å². The number of ether oxygens (including phenoxy) is 1. The van der Waals surface area contributed by atoms with Gasteiger partial charge >= 0.3 is 12.1 Å². The quantitative estimate of drug-likeness (QED) is 0.305. The molecule has 3 atom stereocenters. The van der Waals surface area contributed by atoms with E-state index in [-0.39, 0.29) is 35.9 Å². The number of aromatic nitrogens is 1. The molecule has 8 nitrogen and oxygen atoms in total. The van der Waals surface area contributed by atoms with Crippen LogP contribution in [0.15, 0.2) is 65.8 Å². The number of carbonyl (C=O) groups is 2. The predicted octanol–water partition coefficient (Wildman–Crippen LogP) is 6.53. The van der Waals surface area contributed by atoms with E-state index in [1.807, 2.05) is 17.0 Å². The predicted molar refractivity (Wildman–Crippen MR) is 159 cm³/mol. The van der Waals surface area contributed by atoms with Crippen molar-refractivity contribution in [3.8, 4) is 17.0 Å². The fourth-order valence-electron chi connectivity index (χ4n) is 5.83. The topological polar surface area (TPSA) is 95.3 Å². The van der Waals surface area contributed by atoms with Crippen LogP contribution in [0.25, 0.3) is 11.3 Å². The first-order valence-electron chi connectivity index (χ1n) is 14.5. The van der Waals surface area contributed by atoms with Gasteiger partial charge in [-0.1, -0.05) is 48.0 Å². The molecular formula is C32H30ClF3N4O4. The first kappa shape index (κ1) is 29.9. The lowest BCUT2D eigenvalue weighted by molar-refractivity contribution is -0.166. The lowest BCUT2D eigenvalue weighted by Gasteiger charge is -2.33. The smallest absolute Gasteiger partial charge is 0.412 e. The van der Waals surface area contributed by atoms with Crippen molar-refractivity contribution in [2.75, 3.05) is 18.1 Å². The van der Waals surface area contributed by atoms with Gasteiger partial charge < -0.3 is 14.7 Å². The monoisotopic (exact) mass is 626 g/mol. The van der Waals surface area contributed by atoms with Crippen LogP contribution >= 0.6 is 11.6 Å². The van der Waals surface area contributed by atoms with Gasteiger partial charge in [-0.25, -0.2) is 9.99 Å². The number of para-hydroxylation sites is 1. The lowest BCUT2D eigenvalue weighted by Crippen LogP contribution is -2.47. The second-order valence-corrected chi connectivity index (χ2v) is 11.8. The fraction of sp³-hybridized carbons (Fsp3) is 0.375. The molecule has 3 aliphatic rings. The molecule has 12 heteroatoms. The summed E-state index contributed by atoms with van der Waals surface area (Å²) in [5, 5.41) is 13.9. The number of benzene rings is 2. The Kier molecular flexibility index (Phi) is 8.24. The number of carbonyl (C=O) groups excluding carboxylic acids is 1. The Labute approximate surface area is 257 Å². The first-order chi connectivity index (χ1) is 21.1. The van der Waals surface area contributed by atoms with Gasteiger partial charge in [0.2, 0.25) is 5.91 Å². The van der Waals surface area contributed by atoms with Crippen LogP contribution in [0.3, 0.4) is 0 Å². The van der Waals surface area contributed by atoms with Gasteiger partial charge in [0, 0.05) is 36.7 Å². The summed E-state index contributed by atoms with van der Waals surface area (Å²) in [4.78, 5) is 30.4. The Morgan fingerprint density at radius 3 is 2.48 bits per heavy atom. The molecule has 1 amide bonds. The molecule has 3 aromatic rings. The van der Waals surface area contributed by atoms with Crippen LogP contribution in [0.4, 0.5) is 19.0 Å². The van der Waals surface area contributed by atoms with E-state index in [1.165, 1.54) is 17.7 Å². The van der Waals surface area contributed by atoms with Crippen LogP contribution in [-0.2, 0) is 16.2 Å². The standard InChI is InChI=1S/C32H30ClF3N4O4/c33-25-6-1-5-23(26-7-2-8-27(38-26)40-29(32(34,35)36)24(16-37-40)31(42)43)28(25)44-18-19-9-11-20(12-10-19)22-4-3-15-39(17-22)30(41)21-13-14-21/h1-2,5-12,16,21-22,24,29H,3-4,13-15,17-18H2,(H,42,43). The molecule has 2 aromatic carbocycles. The number of hydrazone groups is 1. The average molecular weight is 627 g/mol. The Bertz CT molecular complexity index is 1580. The number of alkyl halides is 3. The highest BCUT2D eigenvalue weighted by Gasteiger charge is 2.54. The lowest BCUT2D eigenvalue weighted by atomic mass is 9.90. The molecule has 1 N–H and O–H groups in total. The van der Waals surface area contributed by atoms with E-state index in [2.05, 4.69) is 22.2 Å². The van der Waals surface area contributed by atoms with Crippen molar-refractivity contribution in [1.29, 1.82) is 0 Å². The molecule has 3 heterocycles. The van der Waals surface area contributed by atoms with Crippen molar-refractivity contribution >= 4 is 35.5 Å². The van der Waals surface area contributed by atoms with Gasteiger partial charge in [-0.3, -0.25) is 9.59 Å². The molecule has 1 aromatic heterocycles. The summed E-state index contributed by atoms with van der Waals surface area (Å²) in [6.07, 6.45) is -0.0694. The van der Waals surface area contributed by atoms with Crippen molar-refractivity contribution in [2.24, 2.45) is 16.9 Å². The van der Waals surface area contributed by atoms with Crippen LogP contribution in [0.1, 0.15) is 42.7 Å². The van der Waals surface area contributed by atoms with E-state index in [0.717, 1.165) is 50.6 Å². The van der Waals surface area contributed by atoms with Crippen LogP contribution < -0.4 is 9.75 Å². The second-order valence-electron chi connectivity index (χ2n) is 11.4. The first-order valence-corrected chi connectivity index (χ1v) is 14.9. The number of piperidine rings is 1. The number of carboxylic acids is 1. The molecular weight excluding hydrogens is 597 g/mol. The maximum absolute atomic E-state index is 13.9. The third kappa shape index (κ3) is 6.24. The maximum atomic E-state index is 13.9. The summed E-state index contributed by atoms with van der Waals surface area (Å²) < 4.78 is 47.7. The number of pyridine rings is 1. The summed E-state index contributed by atoms with van der Waals surface area (Å²) in [6, 6.07) is 15.2. The summed E-state index contributed by atoms with van der Waals surface area (Å²) in [5.41, 5.74) is 2.81. The third-order valence-corrected chi connectivity index (χ3v) is 8.58. The number of halogens is 4. The average Bonchev–Trinajstić information content (AvgIpc) is 3.76. The number of hydrogen-bond acceptors (Lipinski definition) is 6. The molecule has 0 spiro atoms. The third-order valence-electron chi connectivity index (χ3n) is 8.28. The summed E-state index contributed by atoms with van der Waals surface area (Å²) in [5.74, 6) is -2.55. The summed E-state index contributed by atoms with van der Waals surface area (Å²) in [6.45, 7) is 1.75. The van der Waals surface area contributed by atoms with Gasteiger partial charge in [0.1, 0.15) is 24.1 Å². The largest absolute Gasteiger partial charge is 0.487 e. The van der Waals surface area contributed by atoms with Gasteiger partial charge in [0.05, 0.1) is 10.7 Å². The molecule has 2 aliphatic heterocycles. The fourth-order valence-corrected chi connectivity index (χ4v) is 6.06. The molecule has 0 radical (unpaired) electrons. The molecule has 230 valence electrons. The minimum absolute atomic E-state index is 0.161.